The largest absolute Gasteiger partial charge is 0.444 e. The lowest BCUT2D eigenvalue weighted by Gasteiger charge is -2.28. The molecule has 12 heteroatoms. The van der Waals surface area contributed by atoms with Gasteiger partial charge in [-0.2, -0.15) is 0 Å². The molecule has 1 saturated heterocycles. The average molecular weight is 601 g/mol. The Morgan fingerprint density at radius 3 is 2.51 bits per heavy atom. The van der Waals surface area contributed by atoms with Gasteiger partial charge in [-0.15, -0.1) is 0 Å². The predicted molar refractivity (Wildman–Crippen MR) is 154 cm³/mol. The molecule has 0 spiro atoms. The second-order valence-corrected chi connectivity index (χ2v) is 12.5. The zero-order chi connectivity index (χ0) is 31.3. The van der Waals surface area contributed by atoms with Crippen LogP contribution in [-0.4, -0.2) is 69.9 Å². The topological polar surface area (TPSA) is 148 Å². The highest BCUT2D eigenvalue weighted by molar-refractivity contribution is 5.93. The summed E-state index contributed by atoms with van der Waals surface area (Å²) in [5.74, 6) is -1.66. The van der Waals surface area contributed by atoms with E-state index in [2.05, 4.69) is 5.32 Å². The molecule has 0 radical (unpaired) electrons. The third kappa shape index (κ3) is 8.55. The van der Waals surface area contributed by atoms with E-state index >= 15 is 0 Å². The summed E-state index contributed by atoms with van der Waals surface area (Å²) in [6.07, 6.45) is 5.29. The number of carbonyl (C=O) groups is 5. The van der Waals surface area contributed by atoms with Gasteiger partial charge in [0.15, 0.2) is 5.78 Å². The molecule has 3 atom stereocenters. The molecule has 11 nitrogen and oxygen atoms in total. The summed E-state index contributed by atoms with van der Waals surface area (Å²) >= 11 is 0. The molecule has 4 amide bonds. The fraction of sp³-hybridized carbons (Fsp3) is 0.581. The van der Waals surface area contributed by atoms with Crippen molar-refractivity contribution < 1.29 is 37.8 Å². The Hall–Kier alpha value is -3.96. The molecule has 0 aromatic heterocycles. The molecule has 2 fully saturated rings. The number of fused-ring (bicyclic) bond motifs is 1. The zero-order valence-electron chi connectivity index (χ0n) is 25.0. The van der Waals surface area contributed by atoms with Crippen LogP contribution < -0.4 is 11.1 Å². The molecule has 3 N–H and O–H groups in total. The van der Waals surface area contributed by atoms with E-state index in [0.717, 1.165) is 25.7 Å². The first-order valence-electron chi connectivity index (χ1n) is 14.8. The Bertz CT molecular complexity index is 1270. The summed E-state index contributed by atoms with van der Waals surface area (Å²) in [7, 11) is 0. The zero-order valence-corrected chi connectivity index (χ0v) is 25.0. The van der Waals surface area contributed by atoms with Crippen LogP contribution in [0.2, 0.25) is 0 Å². The monoisotopic (exact) mass is 600 g/mol. The number of benzene rings is 1. The maximum atomic E-state index is 14.2. The highest BCUT2D eigenvalue weighted by atomic mass is 19.1. The molecule has 2 aliphatic heterocycles. The first-order valence-corrected chi connectivity index (χ1v) is 14.8. The lowest BCUT2D eigenvalue weighted by Crippen LogP contribution is -2.53. The van der Waals surface area contributed by atoms with Crippen LogP contribution in [0.3, 0.4) is 0 Å². The highest BCUT2D eigenvalue weighted by Crippen LogP contribution is 2.28. The van der Waals surface area contributed by atoms with Gasteiger partial charge in [-0.05, 0) is 63.7 Å². The number of rotatable bonds is 9. The van der Waals surface area contributed by atoms with E-state index in [1.54, 1.807) is 32.9 Å². The minimum atomic E-state index is -1.19. The van der Waals surface area contributed by atoms with Gasteiger partial charge in [0, 0.05) is 24.9 Å². The maximum absolute atomic E-state index is 14.2. The van der Waals surface area contributed by atoms with Gasteiger partial charge in [-0.25, -0.2) is 14.0 Å². The molecule has 1 aliphatic carbocycles. The fourth-order valence-electron chi connectivity index (χ4n) is 5.79. The molecule has 1 saturated carbocycles. The number of primary amides is 1. The Morgan fingerprint density at radius 2 is 1.86 bits per heavy atom. The molecule has 1 aromatic rings. The average Bonchev–Trinajstić information content (AvgIpc) is 3.68. The number of allylic oxidation sites excluding steroid dienone is 2. The van der Waals surface area contributed by atoms with Gasteiger partial charge in [0.2, 0.25) is 11.8 Å². The number of hydrogen-bond acceptors (Lipinski definition) is 7. The van der Waals surface area contributed by atoms with E-state index in [-0.39, 0.29) is 44.7 Å². The van der Waals surface area contributed by atoms with Crippen LogP contribution in [0.25, 0.3) is 0 Å². The van der Waals surface area contributed by atoms with Crippen LogP contribution in [0, 0.1) is 11.7 Å². The summed E-state index contributed by atoms with van der Waals surface area (Å²) in [4.78, 5) is 66.8. The van der Waals surface area contributed by atoms with Crippen LogP contribution in [0.5, 0.6) is 0 Å². The standard InChI is InChI=1S/C31H41FN4O7/c1-31(2,3)43-29(40)34-25(14-13-21(37)12-11-19-7-4-5-8-19)28(39)36-17-22(15-26(36)27(33)38)42-30(41)35-16-20-9-6-10-24(32)23(20)18-35/h6,9-12,19,22,25-26H,4-5,7-8,13-18H2,1-3H3,(H2,33,38)(H,34,40)/b12-11+/t22?,25-,26-/m0/s1. The minimum absolute atomic E-state index is 0.0189. The summed E-state index contributed by atoms with van der Waals surface area (Å²) in [5.41, 5.74) is 5.88. The van der Waals surface area contributed by atoms with E-state index in [9.17, 15) is 28.4 Å². The van der Waals surface area contributed by atoms with E-state index in [4.69, 9.17) is 15.2 Å². The summed E-state index contributed by atoms with van der Waals surface area (Å²) < 4.78 is 25.1. The second-order valence-electron chi connectivity index (χ2n) is 12.5. The van der Waals surface area contributed by atoms with Crippen molar-refractivity contribution in [1.82, 2.24) is 15.1 Å². The fourth-order valence-corrected chi connectivity index (χ4v) is 5.79. The van der Waals surface area contributed by atoms with Crippen LogP contribution in [0.15, 0.2) is 30.4 Å². The molecule has 4 rings (SSSR count). The summed E-state index contributed by atoms with van der Waals surface area (Å²) in [6.45, 7) is 5.10. The maximum Gasteiger partial charge on any atom is 0.410 e. The van der Waals surface area contributed by atoms with Gasteiger partial charge < -0.3 is 25.4 Å². The second kappa shape index (κ2) is 13.6. The lowest BCUT2D eigenvalue weighted by atomic mass is 10.0. The number of nitrogens with one attached hydrogen (secondary N) is 1. The number of carbonyl (C=O) groups excluding carboxylic acids is 5. The van der Waals surface area contributed by atoms with E-state index in [1.807, 2.05) is 6.08 Å². The van der Waals surface area contributed by atoms with Crippen molar-refractivity contribution in [3.8, 4) is 0 Å². The Morgan fingerprint density at radius 1 is 1.14 bits per heavy atom. The minimum Gasteiger partial charge on any atom is -0.444 e. The molecule has 2 heterocycles. The summed E-state index contributed by atoms with van der Waals surface area (Å²) in [5, 5.41) is 2.55. The molecule has 234 valence electrons. The van der Waals surface area contributed by atoms with Gasteiger partial charge in [0.05, 0.1) is 13.1 Å². The van der Waals surface area contributed by atoms with Crippen molar-refractivity contribution in [2.75, 3.05) is 6.54 Å². The molecular weight excluding hydrogens is 559 g/mol. The van der Waals surface area contributed by atoms with Crippen molar-refractivity contribution in [2.45, 2.75) is 103 Å². The third-order valence-electron chi connectivity index (χ3n) is 7.95. The normalized spacial score (nSPS) is 21.1. The van der Waals surface area contributed by atoms with Gasteiger partial charge in [0.25, 0.3) is 0 Å². The van der Waals surface area contributed by atoms with Gasteiger partial charge >= 0.3 is 12.2 Å². The van der Waals surface area contributed by atoms with Crippen LogP contribution >= 0.6 is 0 Å². The van der Waals surface area contributed by atoms with Crippen LogP contribution in [-0.2, 0) is 36.9 Å². The molecule has 3 aliphatic rings. The predicted octanol–water partition coefficient (Wildman–Crippen LogP) is 3.72. The molecular formula is C31H41FN4O7. The number of ketones is 1. The van der Waals surface area contributed by atoms with Crippen molar-refractivity contribution in [3.63, 3.8) is 0 Å². The van der Waals surface area contributed by atoms with Crippen molar-refractivity contribution in [2.24, 2.45) is 11.7 Å². The first kappa shape index (κ1) is 32.0. The molecule has 0 bridgehead atoms. The SMILES string of the molecule is CC(C)(C)OC(=O)N[C@@H](CCC(=O)/C=C/C1CCCC1)C(=O)N1CC(OC(=O)N2Cc3cccc(F)c3C2)C[C@H]1C(N)=O. The number of likely N-dealkylation sites (tertiary alicyclic amines) is 1. The quantitative estimate of drug-likeness (QED) is 0.411. The number of nitrogens with zero attached hydrogens (tertiary/aromatic N) is 2. The number of amides is 4. The molecule has 1 unspecified atom stereocenters. The number of hydrogen-bond donors (Lipinski definition) is 2. The first-order chi connectivity index (χ1) is 20.3. The molecule has 43 heavy (non-hydrogen) atoms. The van der Waals surface area contributed by atoms with Gasteiger partial charge in [0.1, 0.15) is 29.6 Å². The van der Waals surface area contributed by atoms with Crippen molar-refractivity contribution in [1.29, 1.82) is 0 Å². The number of alkyl carbamates (subject to hydrolysis) is 1. The Balaban J connectivity index is 1.42. The van der Waals surface area contributed by atoms with Gasteiger partial charge in [-0.1, -0.05) is 31.1 Å². The molecule has 1 aromatic carbocycles. The smallest absolute Gasteiger partial charge is 0.410 e. The van der Waals surface area contributed by atoms with Crippen molar-refractivity contribution >= 4 is 29.8 Å². The number of ether oxygens (including phenoxy) is 2. The Kier molecular flexibility index (Phi) is 10.1. The summed E-state index contributed by atoms with van der Waals surface area (Å²) in [6, 6.07) is 2.35. The van der Waals surface area contributed by atoms with Gasteiger partial charge in [-0.3, -0.25) is 19.3 Å². The van der Waals surface area contributed by atoms with Crippen molar-refractivity contribution in [3.05, 3.63) is 47.3 Å². The van der Waals surface area contributed by atoms with Crippen LogP contribution in [0.4, 0.5) is 14.0 Å². The number of nitrogens with two attached hydrogens (primary N) is 1. The van der Waals surface area contributed by atoms with E-state index in [0.29, 0.717) is 17.0 Å². The lowest BCUT2D eigenvalue weighted by molar-refractivity contribution is -0.139. The van der Waals surface area contributed by atoms with Crippen LogP contribution in [0.1, 0.15) is 76.8 Å². The number of halogens is 1. The Labute approximate surface area is 250 Å². The third-order valence-corrected chi connectivity index (χ3v) is 7.95. The highest BCUT2D eigenvalue weighted by Gasteiger charge is 2.43. The van der Waals surface area contributed by atoms with E-state index in [1.165, 1.54) is 21.9 Å². The van der Waals surface area contributed by atoms with E-state index < -0.39 is 53.6 Å².